The van der Waals surface area contributed by atoms with Crippen LogP contribution in [0.3, 0.4) is 0 Å². The van der Waals surface area contributed by atoms with Gasteiger partial charge in [-0.1, -0.05) is 36.4 Å². The van der Waals surface area contributed by atoms with Crippen molar-refractivity contribution in [3.8, 4) is 17.4 Å². The quantitative estimate of drug-likeness (QED) is 0.377. The van der Waals surface area contributed by atoms with E-state index in [-0.39, 0.29) is 11.6 Å². The first-order valence-corrected chi connectivity index (χ1v) is 11.3. The number of fused-ring (bicyclic) bond motifs is 1. The lowest BCUT2D eigenvalue weighted by atomic mass is 10.0. The van der Waals surface area contributed by atoms with Gasteiger partial charge in [-0.2, -0.15) is 5.10 Å². The molecular weight excluding hydrogens is 432 g/mol. The number of H-pyrrole nitrogens is 1. The predicted octanol–water partition coefficient (Wildman–Crippen LogP) is 4.32. The molecule has 2 aromatic carbocycles. The Morgan fingerprint density at radius 1 is 0.971 bits per heavy atom. The Morgan fingerprint density at radius 2 is 1.74 bits per heavy atom. The van der Waals surface area contributed by atoms with Crippen molar-refractivity contribution in [1.29, 1.82) is 0 Å². The Balaban J connectivity index is 1.69. The molecule has 0 saturated heterocycles. The second-order valence-corrected chi connectivity index (χ2v) is 8.25. The van der Waals surface area contributed by atoms with Crippen LogP contribution in [-0.4, -0.2) is 41.1 Å². The molecule has 1 N–H and O–H groups in total. The molecule has 0 fully saturated rings. The van der Waals surface area contributed by atoms with Crippen LogP contribution in [0.25, 0.3) is 11.0 Å². The molecule has 0 amide bonds. The molecule has 0 spiro atoms. The van der Waals surface area contributed by atoms with Crippen molar-refractivity contribution in [2.24, 2.45) is 0 Å². The average molecular weight is 463 g/mol. The van der Waals surface area contributed by atoms with Crippen molar-refractivity contribution in [3.05, 3.63) is 75.8 Å². The number of hydrogen-bond acceptors (Lipinski definition) is 6. The molecule has 0 bridgehead atoms. The third kappa shape index (κ3) is 4.76. The van der Waals surface area contributed by atoms with Crippen LogP contribution in [0, 0.1) is 0 Å². The minimum absolute atomic E-state index is 0.0529. The number of nitrogens with one attached hydrogen (secondary N) is 1. The highest BCUT2D eigenvalue weighted by molar-refractivity contribution is 5.79. The third-order valence-corrected chi connectivity index (χ3v) is 6.04. The largest absolute Gasteiger partial charge is 0.493 e. The SMILES string of the molecule is COc1ccc(Cc2nc3n[nH]c(OC)c3c(=O)n2C(C)CCCc2ccccc2)cc1OC. The summed E-state index contributed by atoms with van der Waals surface area (Å²) in [6, 6.07) is 16.0. The number of rotatable bonds is 10. The summed E-state index contributed by atoms with van der Waals surface area (Å²) < 4.78 is 17.9. The zero-order valence-electron chi connectivity index (χ0n) is 20.0. The van der Waals surface area contributed by atoms with Gasteiger partial charge in [-0.15, -0.1) is 0 Å². The van der Waals surface area contributed by atoms with E-state index in [1.165, 1.54) is 12.7 Å². The highest BCUT2D eigenvalue weighted by atomic mass is 16.5. The number of ether oxygens (including phenoxy) is 3. The first-order valence-electron chi connectivity index (χ1n) is 11.3. The number of benzene rings is 2. The van der Waals surface area contributed by atoms with Gasteiger partial charge in [-0.3, -0.25) is 9.36 Å². The molecule has 2 heterocycles. The fraction of sp³-hybridized carbons (Fsp3) is 0.346. The van der Waals surface area contributed by atoms with Gasteiger partial charge in [0.05, 0.1) is 21.3 Å². The van der Waals surface area contributed by atoms with E-state index in [1.54, 1.807) is 18.8 Å². The van der Waals surface area contributed by atoms with Crippen LogP contribution in [0.15, 0.2) is 53.3 Å². The van der Waals surface area contributed by atoms with E-state index >= 15 is 0 Å². The lowest BCUT2D eigenvalue weighted by molar-refractivity contribution is 0.354. The van der Waals surface area contributed by atoms with Crippen LogP contribution in [-0.2, 0) is 12.8 Å². The summed E-state index contributed by atoms with van der Waals surface area (Å²) in [5.41, 5.74) is 2.44. The summed E-state index contributed by atoms with van der Waals surface area (Å²) in [7, 11) is 4.72. The van der Waals surface area contributed by atoms with E-state index in [0.717, 1.165) is 24.8 Å². The zero-order chi connectivity index (χ0) is 24.1. The maximum atomic E-state index is 13.6. The van der Waals surface area contributed by atoms with Gasteiger partial charge in [0.25, 0.3) is 5.56 Å². The van der Waals surface area contributed by atoms with Crippen molar-refractivity contribution >= 4 is 11.0 Å². The van der Waals surface area contributed by atoms with Gasteiger partial charge in [0.1, 0.15) is 11.2 Å². The fourth-order valence-electron chi connectivity index (χ4n) is 4.28. The number of aryl methyl sites for hydroxylation is 1. The van der Waals surface area contributed by atoms with Crippen molar-refractivity contribution in [3.63, 3.8) is 0 Å². The van der Waals surface area contributed by atoms with E-state index in [9.17, 15) is 4.79 Å². The summed E-state index contributed by atoms with van der Waals surface area (Å²) in [6.45, 7) is 2.06. The standard InChI is InChI=1S/C26H30N4O4/c1-17(9-8-12-18-10-6-5-7-11-18)30-22(16-19-13-14-20(32-2)21(15-19)33-3)27-24-23(26(30)31)25(34-4)29-28-24/h5-7,10-11,13-15,17H,8-9,12,16H2,1-4H3,(H,28,29). The second-order valence-electron chi connectivity index (χ2n) is 8.25. The predicted molar refractivity (Wildman–Crippen MR) is 131 cm³/mol. The van der Waals surface area contributed by atoms with E-state index in [2.05, 4.69) is 29.3 Å². The van der Waals surface area contributed by atoms with Gasteiger partial charge >= 0.3 is 0 Å². The van der Waals surface area contributed by atoms with E-state index in [4.69, 9.17) is 19.2 Å². The van der Waals surface area contributed by atoms with Crippen molar-refractivity contribution < 1.29 is 14.2 Å². The lowest BCUT2D eigenvalue weighted by Crippen LogP contribution is -2.28. The average Bonchev–Trinajstić information content (AvgIpc) is 3.28. The molecule has 0 aliphatic carbocycles. The first-order chi connectivity index (χ1) is 16.5. The molecule has 0 aliphatic heterocycles. The van der Waals surface area contributed by atoms with Crippen LogP contribution >= 0.6 is 0 Å². The number of methoxy groups -OCH3 is 3. The zero-order valence-corrected chi connectivity index (χ0v) is 20.0. The topological polar surface area (TPSA) is 91.3 Å². The highest BCUT2D eigenvalue weighted by Gasteiger charge is 2.21. The normalized spacial score (nSPS) is 12.0. The van der Waals surface area contributed by atoms with Gasteiger partial charge in [-0.05, 0) is 49.4 Å². The van der Waals surface area contributed by atoms with Crippen LogP contribution in [0.4, 0.5) is 0 Å². The Hall–Kier alpha value is -3.81. The van der Waals surface area contributed by atoms with Gasteiger partial charge in [0.2, 0.25) is 5.88 Å². The molecular formula is C26H30N4O4. The molecule has 0 aliphatic rings. The second kappa shape index (κ2) is 10.4. The summed E-state index contributed by atoms with van der Waals surface area (Å²) >= 11 is 0. The molecule has 2 aromatic heterocycles. The Morgan fingerprint density at radius 3 is 2.44 bits per heavy atom. The van der Waals surface area contributed by atoms with Crippen molar-refractivity contribution in [2.75, 3.05) is 21.3 Å². The van der Waals surface area contributed by atoms with Crippen LogP contribution in [0.1, 0.15) is 42.8 Å². The molecule has 4 aromatic rings. The highest BCUT2D eigenvalue weighted by Crippen LogP contribution is 2.29. The molecule has 1 unspecified atom stereocenters. The Bertz CT molecular complexity index is 1310. The van der Waals surface area contributed by atoms with E-state index in [1.807, 2.05) is 36.4 Å². The Kier molecular flexibility index (Phi) is 7.15. The van der Waals surface area contributed by atoms with Crippen LogP contribution < -0.4 is 19.8 Å². The third-order valence-electron chi connectivity index (χ3n) is 6.04. The van der Waals surface area contributed by atoms with E-state index < -0.39 is 0 Å². The molecule has 8 nitrogen and oxygen atoms in total. The number of aromatic nitrogens is 4. The minimum Gasteiger partial charge on any atom is -0.493 e. The fourth-order valence-corrected chi connectivity index (χ4v) is 4.28. The lowest BCUT2D eigenvalue weighted by Gasteiger charge is -2.20. The summed E-state index contributed by atoms with van der Waals surface area (Å²) in [5, 5.41) is 7.34. The van der Waals surface area contributed by atoms with Gasteiger partial charge in [-0.25, -0.2) is 10.1 Å². The van der Waals surface area contributed by atoms with Gasteiger partial charge in [0, 0.05) is 12.5 Å². The van der Waals surface area contributed by atoms with Crippen LogP contribution in [0.2, 0.25) is 0 Å². The molecule has 34 heavy (non-hydrogen) atoms. The van der Waals surface area contributed by atoms with E-state index in [0.29, 0.717) is 40.7 Å². The van der Waals surface area contributed by atoms with Crippen molar-refractivity contribution in [1.82, 2.24) is 19.7 Å². The summed E-state index contributed by atoms with van der Waals surface area (Å²) in [4.78, 5) is 18.4. The molecule has 8 heteroatoms. The monoisotopic (exact) mass is 462 g/mol. The molecule has 0 radical (unpaired) electrons. The Labute approximate surface area is 198 Å². The maximum absolute atomic E-state index is 13.6. The van der Waals surface area contributed by atoms with Crippen LogP contribution in [0.5, 0.6) is 17.4 Å². The minimum atomic E-state index is -0.154. The first kappa shape index (κ1) is 23.4. The molecule has 178 valence electrons. The maximum Gasteiger partial charge on any atom is 0.268 e. The number of hydrogen-bond donors (Lipinski definition) is 1. The number of nitrogens with zero attached hydrogens (tertiary/aromatic N) is 3. The van der Waals surface area contributed by atoms with Crippen molar-refractivity contribution in [2.45, 2.75) is 38.6 Å². The summed E-state index contributed by atoms with van der Waals surface area (Å²) in [6.07, 6.45) is 3.19. The molecule has 4 rings (SSSR count). The smallest absolute Gasteiger partial charge is 0.268 e. The molecule has 0 saturated carbocycles. The number of aromatic amines is 1. The summed E-state index contributed by atoms with van der Waals surface area (Å²) in [5.74, 6) is 2.26. The van der Waals surface area contributed by atoms with Gasteiger partial charge < -0.3 is 14.2 Å². The van der Waals surface area contributed by atoms with Gasteiger partial charge in [0.15, 0.2) is 17.1 Å². The molecule has 1 atom stereocenters.